The topological polar surface area (TPSA) is 287 Å². The fraction of sp³-hybridized carbons (Fsp3) is 0.273. The van der Waals surface area contributed by atoms with Crippen molar-refractivity contribution in [2.75, 3.05) is 56.5 Å². The molecule has 0 spiro atoms. The first kappa shape index (κ1) is 43.1. The number of aromatic hydroxyl groups is 2. The predicted molar refractivity (Wildman–Crippen MR) is 224 cm³/mol. The Kier molecular flexibility index (Phi) is 12.3. The van der Waals surface area contributed by atoms with Crippen molar-refractivity contribution in [3.05, 3.63) is 106 Å². The van der Waals surface area contributed by atoms with Crippen LogP contribution < -0.4 is 27.0 Å². The molecule has 5 amide bonds. The Labute approximate surface area is 359 Å². The molecule has 2 aliphatic carbocycles. The minimum atomic E-state index is -1.74. The van der Waals surface area contributed by atoms with Gasteiger partial charge in [-0.3, -0.25) is 38.5 Å². The number of nitrogens with two attached hydrogens (primary N) is 1. The largest absolute Gasteiger partial charge is 0.507 e. The van der Waals surface area contributed by atoms with Crippen molar-refractivity contribution in [1.82, 2.24) is 20.4 Å². The molecule has 0 aromatic heterocycles. The summed E-state index contributed by atoms with van der Waals surface area (Å²) in [7, 11) is 0. The Bertz CT molecular complexity index is 2530. The number of phenolic OH excluding ortho intramolecular Hbond substituents is 2. The van der Waals surface area contributed by atoms with E-state index in [-0.39, 0.29) is 61.2 Å². The smallest absolute Gasteiger partial charge is 0.410 e. The molecular formula is C44H43N7O12. The number of carbonyl (C=O) groups excluding carboxylic acids is 7. The molecule has 2 atom stereocenters. The molecule has 2 bridgehead atoms. The van der Waals surface area contributed by atoms with Gasteiger partial charge in [0.05, 0.1) is 35.2 Å². The molecule has 7 rings (SSSR count). The highest BCUT2D eigenvalue weighted by atomic mass is 16.6. The molecule has 63 heavy (non-hydrogen) atoms. The molecule has 326 valence electrons. The highest BCUT2D eigenvalue weighted by Gasteiger charge is 2.39. The number of fused-ring (bicyclic) bond motifs is 10. The second kappa shape index (κ2) is 17.9. The Hall–Kier alpha value is -7.96. The maximum atomic E-state index is 14.2. The van der Waals surface area contributed by atoms with Crippen molar-refractivity contribution in [2.24, 2.45) is 5.73 Å². The summed E-state index contributed by atoms with van der Waals surface area (Å²) in [6.45, 7) is -1.10. The van der Waals surface area contributed by atoms with E-state index in [1.807, 2.05) is 48.5 Å². The number of nitrogens with zero attached hydrogens (tertiary/aromatic N) is 2. The van der Waals surface area contributed by atoms with Gasteiger partial charge in [-0.1, -0.05) is 48.5 Å². The number of rotatable bonds is 6. The summed E-state index contributed by atoms with van der Waals surface area (Å²) >= 11 is 0. The molecule has 1 aliphatic heterocycles. The highest BCUT2D eigenvalue weighted by Crippen LogP contribution is 2.45. The Morgan fingerprint density at radius 2 is 1.29 bits per heavy atom. The summed E-state index contributed by atoms with van der Waals surface area (Å²) in [5.74, 6) is -8.39. The van der Waals surface area contributed by atoms with Crippen molar-refractivity contribution in [3.8, 4) is 22.6 Å². The zero-order chi connectivity index (χ0) is 45.1. The van der Waals surface area contributed by atoms with Crippen LogP contribution in [0.5, 0.6) is 11.5 Å². The van der Waals surface area contributed by atoms with Gasteiger partial charge in [0.15, 0.2) is 0 Å². The summed E-state index contributed by atoms with van der Waals surface area (Å²) in [6.07, 6.45) is -1.82. The normalized spacial score (nSPS) is 17.5. The first-order valence-electron chi connectivity index (χ1n) is 19.9. The molecule has 3 aliphatic rings. The van der Waals surface area contributed by atoms with Gasteiger partial charge in [-0.2, -0.15) is 0 Å². The maximum Gasteiger partial charge on any atom is 0.410 e. The molecule has 1 heterocycles. The average molecular weight is 862 g/mol. The molecule has 19 nitrogen and oxygen atoms in total. The number of carboxylic acids is 1. The van der Waals surface area contributed by atoms with Gasteiger partial charge in [-0.15, -0.1) is 0 Å². The summed E-state index contributed by atoms with van der Waals surface area (Å²) in [5, 5.41) is 41.8. The first-order valence-corrected chi connectivity index (χ1v) is 19.9. The molecular weight excluding hydrogens is 819 g/mol. The number of hydrogen-bond acceptors (Lipinski definition) is 13. The van der Waals surface area contributed by atoms with Crippen LogP contribution in [0.2, 0.25) is 0 Å². The van der Waals surface area contributed by atoms with Crippen LogP contribution in [0.25, 0.3) is 11.1 Å². The van der Waals surface area contributed by atoms with Gasteiger partial charge in [0.25, 0.3) is 0 Å². The standard InChI is InChI=1S/C44H43N7O12/c1-22(42(45)60)51-17-15-47-29-11-10-28(36-37(29)41(59)39-32(53)13-12-31(52)38(39)40(36)58)46-14-16-50(20-34(55)48-19-33(54)49-30(43(51)61)18-35(56)57)44(62)63-21-27-25-8-4-2-6-23(25)24-7-3-5-9-26(24)27/h2-13,22,27,30,46-47,52-53H,14-21H2,1H3,(H2,45,60)(H,48,55)(H,49,54)(H,56,57)/t22-,30-/m0/s1. The number of primary amides is 1. The van der Waals surface area contributed by atoms with Crippen LogP contribution in [0.4, 0.5) is 16.2 Å². The number of nitrogens with one attached hydrogen (secondary N) is 4. The van der Waals surface area contributed by atoms with Gasteiger partial charge >= 0.3 is 12.1 Å². The van der Waals surface area contributed by atoms with Gasteiger partial charge in [-0.25, -0.2) is 4.79 Å². The Balaban J connectivity index is 1.23. The summed E-state index contributed by atoms with van der Waals surface area (Å²) in [5.41, 5.74) is 8.21. The number of carboxylic acid groups (broad SMARTS) is 1. The SMILES string of the molecule is C[C@@H](C(N)=O)N1CCNc2ccc(c3c2C(=O)c2c(O)ccc(O)c2C3=O)NCCN(C(=O)OCC2c3ccccc3-c3ccccc32)CC(=O)NCC(=O)N[C@@H](CC(=O)O)C1=O. The zero-order valence-corrected chi connectivity index (χ0v) is 33.8. The predicted octanol–water partition coefficient (Wildman–Crippen LogP) is 1.74. The first-order chi connectivity index (χ1) is 30.2. The van der Waals surface area contributed by atoms with Crippen molar-refractivity contribution in [3.63, 3.8) is 0 Å². The summed E-state index contributed by atoms with van der Waals surface area (Å²) in [4.78, 5) is 109. The highest BCUT2D eigenvalue weighted by molar-refractivity contribution is 6.33. The number of ketones is 2. The lowest BCUT2D eigenvalue weighted by Gasteiger charge is -2.31. The van der Waals surface area contributed by atoms with Crippen LogP contribution in [0.15, 0.2) is 72.8 Å². The lowest BCUT2D eigenvalue weighted by Crippen LogP contribution is -2.56. The zero-order valence-electron chi connectivity index (χ0n) is 33.8. The van der Waals surface area contributed by atoms with E-state index < -0.39 is 101 Å². The molecule has 4 aromatic carbocycles. The molecule has 19 heteroatoms. The number of benzene rings is 4. The van der Waals surface area contributed by atoms with Gasteiger partial charge in [0, 0.05) is 43.5 Å². The number of hydrogen-bond donors (Lipinski definition) is 8. The van der Waals surface area contributed by atoms with E-state index in [0.717, 1.165) is 44.2 Å². The molecule has 9 N–H and O–H groups in total. The minimum Gasteiger partial charge on any atom is -0.507 e. The van der Waals surface area contributed by atoms with Crippen molar-refractivity contribution in [2.45, 2.75) is 31.3 Å². The number of amides is 5. The van der Waals surface area contributed by atoms with Gasteiger partial charge in [0.1, 0.15) is 36.7 Å². The summed E-state index contributed by atoms with van der Waals surface area (Å²) in [6, 6.07) is 17.3. The number of carbonyl (C=O) groups is 8. The molecule has 0 radical (unpaired) electrons. The van der Waals surface area contributed by atoms with E-state index >= 15 is 0 Å². The Morgan fingerprint density at radius 3 is 1.83 bits per heavy atom. The third kappa shape index (κ3) is 8.65. The van der Waals surface area contributed by atoms with Crippen LogP contribution in [0, 0.1) is 0 Å². The number of ether oxygens (including phenoxy) is 1. The van der Waals surface area contributed by atoms with E-state index in [2.05, 4.69) is 21.3 Å². The second-order valence-corrected chi connectivity index (χ2v) is 15.1. The van der Waals surface area contributed by atoms with Crippen molar-refractivity contribution >= 4 is 58.6 Å². The van der Waals surface area contributed by atoms with Gasteiger partial charge in [0.2, 0.25) is 35.2 Å². The molecule has 0 fully saturated rings. The van der Waals surface area contributed by atoms with E-state index in [4.69, 9.17) is 10.5 Å². The number of aliphatic carboxylic acids is 1. The van der Waals surface area contributed by atoms with Crippen LogP contribution in [-0.2, 0) is 28.7 Å². The molecule has 4 aromatic rings. The third-order valence-electron chi connectivity index (χ3n) is 11.2. The van der Waals surface area contributed by atoms with Crippen LogP contribution in [0.1, 0.15) is 62.2 Å². The van der Waals surface area contributed by atoms with E-state index in [9.17, 15) is 53.7 Å². The maximum absolute atomic E-state index is 14.2. The second-order valence-electron chi connectivity index (χ2n) is 15.1. The van der Waals surface area contributed by atoms with Crippen LogP contribution >= 0.6 is 0 Å². The van der Waals surface area contributed by atoms with Gasteiger partial charge in [-0.05, 0) is 53.4 Å². The van der Waals surface area contributed by atoms with Crippen molar-refractivity contribution in [1.29, 1.82) is 0 Å². The van der Waals surface area contributed by atoms with E-state index in [1.54, 1.807) is 0 Å². The lowest BCUT2D eigenvalue weighted by atomic mass is 9.81. The van der Waals surface area contributed by atoms with Crippen LogP contribution in [-0.4, -0.2) is 130 Å². The summed E-state index contributed by atoms with van der Waals surface area (Å²) < 4.78 is 5.84. The van der Waals surface area contributed by atoms with Crippen molar-refractivity contribution < 1.29 is 58.4 Å². The molecule has 0 unspecified atom stereocenters. The third-order valence-corrected chi connectivity index (χ3v) is 11.2. The number of anilines is 2. The fourth-order valence-corrected chi connectivity index (χ4v) is 8.09. The quantitative estimate of drug-likeness (QED) is 0.113. The van der Waals surface area contributed by atoms with Gasteiger partial charge < -0.3 is 52.0 Å². The number of phenols is 2. The molecule has 0 saturated heterocycles. The van der Waals surface area contributed by atoms with Crippen LogP contribution in [0.3, 0.4) is 0 Å². The average Bonchev–Trinajstić information content (AvgIpc) is 3.58. The van der Waals surface area contributed by atoms with E-state index in [0.29, 0.717) is 0 Å². The molecule has 0 saturated carbocycles. The minimum absolute atomic E-state index is 0.0446. The lowest BCUT2D eigenvalue weighted by molar-refractivity contribution is -0.146. The monoisotopic (exact) mass is 861 g/mol. The fourth-order valence-electron chi connectivity index (χ4n) is 8.09. The Morgan fingerprint density at radius 1 is 0.746 bits per heavy atom. The van der Waals surface area contributed by atoms with E-state index in [1.165, 1.54) is 19.1 Å².